The summed E-state index contributed by atoms with van der Waals surface area (Å²) in [5.41, 5.74) is 0.885. The Morgan fingerprint density at radius 2 is 2.22 bits per heavy atom. The van der Waals surface area contributed by atoms with E-state index in [-0.39, 0.29) is 5.91 Å². The van der Waals surface area contributed by atoms with Crippen molar-refractivity contribution in [2.45, 2.75) is 31.3 Å². The van der Waals surface area contributed by atoms with Gasteiger partial charge in [0.2, 0.25) is 5.91 Å². The average Bonchev–Trinajstić information content (AvgIpc) is 2.35. The molecule has 0 heterocycles. The van der Waals surface area contributed by atoms with Crippen molar-refractivity contribution >= 4 is 28.3 Å². The third-order valence-electron chi connectivity index (χ3n) is 2.51. The Morgan fingerprint density at radius 3 is 2.83 bits per heavy atom. The van der Waals surface area contributed by atoms with E-state index in [2.05, 4.69) is 5.32 Å². The van der Waals surface area contributed by atoms with Gasteiger partial charge in [0.25, 0.3) is 0 Å². The van der Waals surface area contributed by atoms with Crippen molar-refractivity contribution in [3.05, 3.63) is 34.9 Å². The number of halogens is 1. The monoisotopic (exact) mass is 287 g/mol. The van der Waals surface area contributed by atoms with Gasteiger partial charge in [-0.05, 0) is 31.0 Å². The third-order valence-corrected chi connectivity index (χ3v) is 4.37. The van der Waals surface area contributed by atoms with Crippen molar-refractivity contribution in [3.8, 4) is 0 Å². The number of hydrogen-bond acceptors (Lipinski definition) is 2. The Kier molecular flexibility index (Phi) is 6.36. The van der Waals surface area contributed by atoms with E-state index in [1.54, 1.807) is 19.1 Å². The Balaban J connectivity index is 2.57. The van der Waals surface area contributed by atoms with E-state index in [0.29, 0.717) is 17.3 Å². The van der Waals surface area contributed by atoms with Crippen molar-refractivity contribution in [3.63, 3.8) is 0 Å². The van der Waals surface area contributed by atoms with Crippen molar-refractivity contribution in [1.29, 1.82) is 0 Å². The second-order valence-corrected chi connectivity index (χ2v) is 6.28. The zero-order valence-electron chi connectivity index (χ0n) is 10.6. The highest BCUT2D eigenvalue weighted by atomic mass is 35.5. The largest absolute Gasteiger partial charge is 0.355 e. The van der Waals surface area contributed by atoms with Gasteiger partial charge in [-0.15, -0.1) is 0 Å². The number of nitrogens with one attached hydrogen (secondary N) is 1. The summed E-state index contributed by atoms with van der Waals surface area (Å²) in [4.78, 5) is 11.7. The van der Waals surface area contributed by atoms with Gasteiger partial charge in [-0.1, -0.05) is 30.7 Å². The predicted molar refractivity (Wildman–Crippen MR) is 76.1 cm³/mol. The molecule has 0 bridgehead atoms. The van der Waals surface area contributed by atoms with Gasteiger partial charge in [-0.3, -0.25) is 9.00 Å². The van der Waals surface area contributed by atoms with Gasteiger partial charge in [0.1, 0.15) is 5.25 Å². The second-order valence-electron chi connectivity index (χ2n) is 4.09. The predicted octanol–water partition coefficient (Wildman–Crippen LogP) is 2.50. The third kappa shape index (κ3) is 4.78. The summed E-state index contributed by atoms with van der Waals surface area (Å²) in [6.07, 6.45) is 0.874. The Bertz CT molecular complexity index is 437. The zero-order chi connectivity index (χ0) is 13.5. The van der Waals surface area contributed by atoms with Gasteiger partial charge in [-0.25, -0.2) is 0 Å². The molecule has 0 aliphatic rings. The summed E-state index contributed by atoms with van der Waals surface area (Å²) in [5, 5.41) is 2.87. The van der Waals surface area contributed by atoms with E-state index >= 15 is 0 Å². The van der Waals surface area contributed by atoms with Crippen LogP contribution in [0.1, 0.15) is 25.8 Å². The lowest BCUT2D eigenvalue weighted by Gasteiger charge is -2.11. The maximum absolute atomic E-state index is 12.0. The molecule has 0 radical (unpaired) electrons. The van der Waals surface area contributed by atoms with E-state index in [1.807, 2.05) is 19.1 Å². The summed E-state index contributed by atoms with van der Waals surface area (Å²) in [6, 6.07) is 7.22. The van der Waals surface area contributed by atoms with Crippen LogP contribution in [0.15, 0.2) is 24.3 Å². The molecule has 100 valence electrons. The molecule has 0 spiro atoms. The first kappa shape index (κ1) is 15.2. The molecule has 0 aliphatic heterocycles. The van der Waals surface area contributed by atoms with Crippen LogP contribution in [-0.4, -0.2) is 21.9 Å². The molecule has 5 heteroatoms. The van der Waals surface area contributed by atoms with E-state index in [1.165, 1.54) is 0 Å². The van der Waals surface area contributed by atoms with E-state index in [0.717, 1.165) is 12.0 Å². The molecule has 0 fully saturated rings. The van der Waals surface area contributed by atoms with Crippen LogP contribution in [0.4, 0.5) is 0 Å². The summed E-state index contributed by atoms with van der Waals surface area (Å²) in [5.74, 6) is 0.193. The van der Waals surface area contributed by atoms with E-state index in [9.17, 15) is 9.00 Å². The number of hydrogen-bond donors (Lipinski definition) is 1. The molecule has 1 aromatic rings. The van der Waals surface area contributed by atoms with Crippen molar-refractivity contribution in [2.75, 3.05) is 6.54 Å². The van der Waals surface area contributed by atoms with Crippen LogP contribution >= 0.6 is 11.6 Å². The van der Waals surface area contributed by atoms with Crippen molar-refractivity contribution < 1.29 is 9.00 Å². The Labute approximate surface area is 115 Å². The Morgan fingerprint density at radius 1 is 1.50 bits per heavy atom. The molecule has 18 heavy (non-hydrogen) atoms. The molecule has 2 atom stereocenters. The fourth-order valence-electron chi connectivity index (χ4n) is 1.43. The lowest BCUT2D eigenvalue weighted by atomic mass is 10.2. The smallest absolute Gasteiger partial charge is 0.235 e. The standard InChI is InChI=1S/C13H18ClNO2S/c1-3-7-15-13(16)10(2)18(17)9-11-5-4-6-12(14)8-11/h4-6,8,10H,3,7,9H2,1-2H3,(H,15,16)/t10-,18-/m1/s1. The number of carbonyl (C=O) groups is 1. The Hall–Kier alpha value is -0.870. The minimum atomic E-state index is -1.23. The van der Waals surface area contributed by atoms with Gasteiger partial charge >= 0.3 is 0 Å². The van der Waals surface area contributed by atoms with Gasteiger partial charge < -0.3 is 5.32 Å². The normalized spacial score (nSPS) is 13.9. The molecule has 0 unspecified atom stereocenters. The van der Waals surface area contributed by atoms with Gasteiger partial charge in [-0.2, -0.15) is 0 Å². The maximum Gasteiger partial charge on any atom is 0.235 e. The summed E-state index contributed by atoms with van der Waals surface area (Å²) >= 11 is 5.86. The minimum Gasteiger partial charge on any atom is -0.355 e. The summed E-state index contributed by atoms with van der Waals surface area (Å²) in [7, 11) is -1.23. The molecule has 0 saturated heterocycles. The summed E-state index contributed by atoms with van der Waals surface area (Å²) in [6.45, 7) is 4.29. The lowest BCUT2D eigenvalue weighted by molar-refractivity contribution is -0.120. The van der Waals surface area contributed by atoms with Gasteiger partial charge in [0.15, 0.2) is 0 Å². The SMILES string of the molecule is CCCNC(=O)[C@@H](C)[S@](=O)Cc1cccc(Cl)c1. The molecule has 1 aromatic carbocycles. The molecule has 1 amide bonds. The van der Waals surface area contributed by atoms with Crippen LogP contribution in [0.2, 0.25) is 5.02 Å². The number of benzene rings is 1. The highest BCUT2D eigenvalue weighted by Gasteiger charge is 2.19. The van der Waals surface area contributed by atoms with Crippen molar-refractivity contribution in [2.24, 2.45) is 0 Å². The number of carbonyl (C=O) groups excluding carboxylic acids is 1. The quantitative estimate of drug-likeness (QED) is 0.874. The molecule has 0 saturated carbocycles. The van der Waals surface area contributed by atoms with Crippen LogP contribution in [-0.2, 0) is 21.3 Å². The van der Waals surface area contributed by atoms with E-state index in [4.69, 9.17) is 11.6 Å². The van der Waals surface area contributed by atoms with Crippen LogP contribution in [0.5, 0.6) is 0 Å². The number of rotatable bonds is 6. The minimum absolute atomic E-state index is 0.155. The van der Waals surface area contributed by atoms with Crippen LogP contribution < -0.4 is 5.32 Å². The fraction of sp³-hybridized carbons (Fsp3) is 0.462. The highest BCUT2D eigenvalue weighted by molar-refractivity contribution is 7.85. The molecule has 0 aromatic heterocycles. The van der Waals surface area contributed by atoms with Crippen molar-refractivity contribution in [1.82, 2.24) is 5.32 Å². The first-order valence-corrected chi connectivity index (χ1v) is 7.70. The lowest BCUT2D eigenvalue weighted by Crippen LogP contribution is -2.36. The van der Waals surface area contributed by atoms with Crippen LogP contribution in [0, 0.1) is 0 Å². The molecule has 3 nitrogen and oxygen atoms in total. The molecule has 1 N–H and O–H groups in total. The fourth-order valence-corrected chi connectivity index (χ4v) is 2.72. The van der Waals surface area contributed by atoms with Crippen LogP contribution in [0.3, 0.4) is 0 Å². The molecule has 0 aliphatic carbocycles. The molecular weight excluding hydrogens is 270 g/mol. The second kappa shape index (κ2) is 7.54. The maximum atomic E-state index is 12.0. The highest BCUT2D eigenvalue weighted by Crippen LogP contribution is 2.13. The average molecular weight is 288 g/mol. The topological polar surface area (TPSA) is 46.2 Å². The molecule has 1 rings (SSSR count). The molecular formula is C13H18ClNO2S. The van der Waals surface area contributed by atoms with Gasteiger partial charge in [0.05, 0.1) is 0 Å². The number of amides is 1. The van der Waals surface area contributed by atoms with Crippen LogP contribution in [0.25, 0.3) is 0 Å². The van der Waals surface area contributed by atoms with E-state index < -0.39 is 16.0 Å². The summed E-state index contributed by atoms with van der Waals surface area (Å²) < 4.78 is 12.0. The van der Waals surface area contributed by atoms with Gasteiger partial charge in [0, 0.05) is 28.1 Å². The first-order valence-electron chi connectivity index (χ1n) is 5.94. The first-order chi connectivity index (χ1) is 8.54. The zero-order valence-corrected chi connectivity index (χ0v) is 12.2.